The zero-order chi connectivity index (χ0) is 36.9. The number of nitrogens with zero attached hydrogens (tertiary/aromatic N) is 5. The van der Waals surface area contributed by atoms with Gasteiger partial charge in [0.05, 0.1) is 23.0 Å². The van der Waals surface area contributed by atoms with E-state index in [-0.39, 0.29) is 17.9 Å². The summed E-state index contributed by atoms with van der Waals surface area (Å²) in [6, 6.07) is 15.7. The van der Waals surface area contributed by atoms with Crippen molar-refractivity contribution in [3.05, 3.63) is 65.5 Å². The maximum atomic E-state index is 14.8. The highest BCUT2D eigenvalue weighted by molar-refractivity contribution is 6.09. The zero-order valence-corrected chi connectivity index (χ0v) is 32.2. The highest BCUT2D eigenvalue weighted by Gasteiger charge is 2.55. The lowest BCUT2D eigenvalue weighted by Crippen LogP contribution is -2.61. The van der Waals surface area contributed by atoms with Crippen LogP contribution in [0.4, 0.5) is 17.2 Å². The number of rotatable bonds is 7. The molecule has 2 aromatic heterocycles. The van der Waals surface area contributed by atoms with Gasteiger partial charge in [-0.25, -0.2) is 9.97 Å². The van der Waals surface area contributed by atoms with Gasteiger partial charge >= 0.3 is 0 Å². The first-order valence-electron chi connectivity index (χ1n) is 19.8. The second kappa shape index (κ2) is 12.4. The summed E-state index contributed by atoms with van der Waals surface area (Å²) in [7, 11) is 1.65. The molecule has 1 spiro atoms. The summed E-state index contributed by atoms with van der Waals surface area (Å²) in [6.07, 6.45) is 9.10. The van der Waals surface area contributed by atoms with Crippen molar-refractivity contribution in [2.75, 3.05) is 43.4 Å². The molecular formula is C43H54N8O2. The van der Waals surface area contributed by atoms with Gasteiger partial charge in [0.15, 0.2) is 5.82 Å². The summed E-state index contributed by atoms with van der Waals surface area (Å²) in [4.78, 5) is 42.5. The normalized spacial score (nSPS) is 24.6. The monoisotopic (exact) mass is 714 g/mol. The number of carbonyl (C=O) groups excluding carboxylic acids is 2. The highest BCUT2D eigenvalue weighted by Crippen LogP contribution is 2.52. The van der Waals surface area contributed by atoms with Crippen LogP contribution in [0.2, 0.25) is 0 Å². The summed E-state index contributed by atoms with van der Waals surface area (Å²) >= 11 is 0. The molecule has 4 fully saturated rings. The lowest BCUT2D eigenvalue weighted by Gasteiger charge is -2.54. The van der Waals surface area contributed by atoms with Gasteiger partial charge in [0.2, 0.25) is 5.91 Å². The fourth-order valence-electron chi connectivity index (χ4n) is 10.5. The average Bonchev–Trinajstić information content (AvgIpc) is 3.81. The van der Waals surface area contributed by atoms with Gasteiger partial charge in [0.1, 0.15) is 5.52 Å². The maximum absolute atomic E-state index is 14.8. The lowest BCUT2D eigenvalue weighted by molar-refractivity contribution is -0.125. The van der Waals surface area contributed by atoms with Crippen LogP contribution in [0.5, 0.6) is 0 Å². The number of piperidine rings is 2. The van der Waals surface area contributed by atoms with Gasteiger partial charge in [0.25, 0.3) is 5.91 Å². The van der Waals surface area contributed by atoms with Crippen LogP contribution in [0.1, 0.15) is 100 Å². The smallest absolute Gasteiger partial charge is 0.251 e. The number of pyridine rings is 1. The first-order valence-corrected chi connectivity index (χ1v) is 19.8. The molecule has 0 bridgehead atoms. The molecule has 2 saturated heterocycles. The minimum Gasteiger partial charge on any atom is -0.355 e. The molecule has 10 heteroatoms. The largest absolute Gasteiger partial charge is 0.355 e. The van der Waals surface area contributed by atoms with Crippen LogP contribution in [0.15, 0.2) is 48.8 Å². The van der Waals surface area contributed by atoms with Crippen molar-refractivity contribution in [1.29, 1.82) is 0 Å². The van der Waals surface area contributed by atoms with Crippen LogP contribution in [0, 0.1) is 17.8 Å². The van der Waals surface area contributed by atoms with E-state index in [1.807, 2.05) is 31.5 Å². The number of hydrogen-bond donors (Lipinski definition) is 3. The highest BCUT2D eigenvalue weighted by atomic mass is 16.2. The zero-order valence-electron chi connectivity index (χ0n) is 32.2. The van der Waals surface area contributed by atoms with Crippen molar-refractivity contribution in [3.63, 3.8) is 0 Å². The first kappa shape index (κ1) is 34.5. The molecule has 0 atom stereocenters. The fourth-order valence-corrected chi connectivity index (χ4v) is 10.5. The number of imidazole rings is 1. The van der Waals surface area contributed by atoms with Gasteiger partial charge in [-0.05, 0) is 111 Å². The average molecular weight is 715 g/mol. The van der Waals surface area contributed by atoms with E-state index in [0.29, 0.717) is 34.3 Å². The molecule has 278 valence electrons. The van der Waals surface area contributed by atoms with Gasteiger partial charge in [-0.1, -0.05) is 45.9 Å². The minimum atomic E-state index is -0.472. The van der Waals surface area contributed by atoms with Crippen LogP contribution in [0.3, 0.4) is 0 Å². The van der Waals surface area contributed by atoms with Crippen molar-refractivity contribution >= 4 is 40.0 Å². The van der Waals surface area contributed by atoms with Crippen molar-refractivity contribution in [3.8, 4) is 11.3 Å². The molecule has 2 aliphatic carbocycles. The Kier molecular flexibility index (Phi) is 8.06. The Labute approximate surface area is 313 Å². The van der Waals surface area contributed by atoms with Gasteiger partial charge in [0, 0.05) is 60.8 Å². The van der Waals surface area contributed by atoms with E-state index in [4.69, 9.17) is 9.97 Å². The molecule has 2 aromatic carbocycles. The van der Waals surface area contributed by atoms with Gasteiger partial charge in [-0.2, -0.15) is 0 Å². The Morgan fingerprint density at radius 2 is 1.66 bits per heavy atom. The lowest BCUT2D eigenvalue weighted by atomic mass is 9.69. The van der Waals surface area contributed by atoms with Crippen molar-refractivity contribution < 1.29 is 9.59 Å². The van der Waals surface area contributed by atoms with Crippen molar-refractivity contribution in [1.82, 2.24) is 30.1 Å². The fraction of sp³-hybridized carbons (Fsp3) is 0.535. The van der Waals surface area contributed by atoms with E-state index in [9.17, 15) is 9.59 Å². The maximum Gasteiger partial charge on any atom is 0.251 e. The van der Waals surface area contributed by atoms with Crippen molar-refractivity contribution in [2.24, 2.45) is 10.8 Å². The molecule has 3 aliphatic heterocycles. The Balaban J connectivity index is 1.08. The number of amides is 2. The molecule has 53 heavy (non-hydrogen) atoms. The molecule has 0 radical (unpaired) electrons. The third-order valence-electron chi connectivity index (χ3n) is 12.8. The summed E-state index contributed by atoms with van der Waals surface area (Å²) in [5.41, 5.74) is 8.31. The SMILES string of the molecule is CNC(=O)c1cc(Nc2nc(-c3ccc4c(c3)N(C3CC(N5CC(C)(C)CC(C)(C)C5)C3)C(=O)C43CCNCC3)cc3ncn(C4CC4)c23)ccc1C. The Bertz CT molecular complexity index is 2100. The molecule has 0 unspecified atom stereocenters. The molecule has 4 aromatic rings. The van der Waals surface area contributed by atoms with E-state index in [1.54, 1.807) is 7.05 Å². The molecule has 9 rings (SSSR count). The number of hydrogen-bond acceptors (Lipinski definition) is 7. The number of benzene rings is 2. The summed E-state index contributed by atoms with van der Waals surface area (Å²) in [5.74, 6) is 0.881. The van der Waals surface area contributed by atoms with Crippen LogP contribution >= 0.6 is 0 Å². The number of aromatic nitrogens is 3. The summed E-state index contributed by atoms with van der Waals surface area (Å²) in [5, 5.41) is 9.85. The molecule has 2 amide bonds. The van der Waals surface area contributed by atoms with E-state index in [0.717, 1.165) is 104 Å². The van der Waals surface area contributed by atoms with Crippen LogP contribution in [-0.2, 0) is 10.2 Å². The van der Waals surface area contributed by atoms with E-state index < -0.39 is 5.41 Å². The molecule has 5 aliphatic rings. The van der Waals surface area contributed by atoms with E-state index in [1.165, 1.54) is 12.0 Å². The number of aryl methyl sites for hydroxylation is 1. The Morgan fingerprint density at radius 3 is 2.36 bits per heavy atom. The van der Waals surface area contributed by atoms with Crippen LogP contribution < -0.4 is 20.9 Å². The van der Waals surface area contributed by atoms with Crippen LogP contribution in [0.25, 0.3) is 22.3 Å². The van der Waals surface area contributed by atoms with E-state index >= 15 is 0 Å². The van der Waals surface area contributed by atoms with Crippen molar-refractivity contribution in [2.45, 2.75) is 103 Å². The predicted octanol–water partition coefficient (Wildman–Crippen LogP) is 7.10. The van der Waals surface area contributed by atoms with Gasteiger partial charge < -0.3 is 25.4 Å². The summed E-state index contributed by atoms with van der Waals surface area (Å²) in [6.45, 7) is 15.5. The third kappa shape index (κ3) is 5.93. The molecule has 5 heterocycles. The summed E-state index contributed by atoms with van der Waals surface area (Å²) < 4.78 is 2.24. The third-order valence-corrected chi connectivity index (χ3v) is 12.8. The number of likely N-dealkylation sites (tertiary alicyclic amines) is 1. The molecule has 3 N–H and O–H groups in total. The second-order valence-corrected chi connectivity index (χ2v) is 18.3. The first-order chi connectivity index (χ1) is 25.3. The number of fused-ring (bicyclic) bond motifs is 3. The minimum absolute atomic E-state index is 0.119. The van der Waals surface area contributed by atoms with Gasteiger partial charge in [-0.3, -0.25) is 14.5 Å². The Hall–Kier alpha value is -4.28. The topological polar surface area (TPSA) is 107 Å². The van der Waals surface area contributed by atoms with Crippen LogP contribution in [-0.4, -0.2) is 76.6 Å². The molecule has 2 saturated carbocycles. The second-order valence-electron chi connectivity index (χ2n) is 18.3. The van der Waals surface area contributed by atoms with Gasteiger partial charge in [-0.15, -0.1) is 0 Å². The Morgan fingerprint density at radius 1 is 0.925 bits per heavy atom. The number of carbonyl (C=O) groups is 2. The number of anilines is 3. The standard InChI is InChI=1S/C43H54N8O2/c1-26-7-9-28(18-32(26)39(52)44-6)47-38-37-35(46-25-50(37)29-10-11-29)21-34(48-38)27-8-12-33-36(17-27)51(40(53)43(33)13-15-45-16-14-43)31-19-30(20-31)49-23-41(2,3)22-42(4,5)24-49/h7-9,12,17-18,21,25,29-31,45H,10-11,13-16,19-20,22-24H2,1-6H3,(H,44,52)(H,47,48). The molecule has 10 nitrogen and oxygen atoms in total. The van der Waals surface area contributed by atoms with E-state index in [2.05, 4.69) is 82.3 Å². The predicted molar refractivity (Wildman–Crippen MR) is 211 cm³/mol. The number of nitrogens with one attached hydrogen (secondary N) is 3. The molecular weight excluding hydrogens is 661 g/mol. The quantitative estimate of drug-likeness (QED) is 0.188.